The smallest absolute Gasteiger partial charge is 0.150 e. The van der Waals surface area contributed by atoms with Crippen LogP contribution in [0.5, 0.6) is 0 Å². The molecule has 0 aliphatic carbocycles. The molecule has 0 atom stereocenters. The van der Waals surface area contributed by atoms with Gasteiger partial charge >= 0.3 is 0 Å². The van der Waals surface area contributed by atoms with Crippen LogP contribution in [0.3, 0.4) is 0 Å². The van der Waals surface area contributed by atoms with Crippen molar-refractivity contribution in [3.8, 4) is 0 Å². The van der Waals surface area contributed by atoms with E-state index < -0.39 is 11.6 Å². The maximum Gasteiger partial charge on any atom is 0.150 e. The predicted octanol–water partition coefficient (Wildman–Crippen LogP) is 3.42. The number of anilines is 1. The van der Waals surface area contributed by atoms with Crippen LogP contribution in [0.1, 0.15) is 37.0 Å². The fourth-order valence-corrected chi connectivity index (χ4v) is 2.32. The summed E-state index contributed by atoms with van der Waals surface area (Å²) in [6.45, 7) is 4.73. The second-order valence-electron chi connectivity index (χ2n) is 4.61. The van der Waals surface area contributed by atoms with E-state index in [9.17, 15) is 13.6 Å². The zero-order chi connectivity index (χ0) is 15.1. The number of rotatable bonds is 8. The first-order valence-electron chi connectivity index (χ1n) is 6.78. The molecule has 112 valence electrons. The summed E-state index contributed by atoms with van der Waals surface area (Å²) >= 11 is 0. The number of hydrogen-bond donors (Lipinski definition) is 0. The summed E-state index contributed by atoms with van der Waals surface area (Å²) in [7, 11) is 1.55. The lowest BCUT2D eigenvalue weighted by molar-refractivity contribution is 0.112. The van der Waals surface area contributed by atoms with Crippen molar-refractivity contribution < 1.29 is 18.3 Å². The zero-order valence-corrected chi connectivity index (χ0v) is 12.2. The monoisotopic (exact) mass is 285 g/mol. The summed E-state index contributed by atoms with van der Waals surface area (Å²) in [5.41, 5.74) is -0.0821. The number of hydrogen-bond acceptors (Lipinski definition) is 3. The fourth-order valence-electron chi connectivity index (χ4n) is 2.32. The minimum Gasteiger partial charge on any atom is -0.383 e. The van der Waals surface area contributed by atoms with E-state index in [4.69, 9.17) is 4.74 Å². The van der Waals surface area contributed by atoms with Crippen LogP contribution in [0.25, 0.3) is 0 Å². The van der Waals surface area contributed by atoms with Gasteiger partial charge in [0, 0.05) is 25.3 Å². The Labute approximate surface area is 118 Å². The van der Waals surface area contributed by atoms with Gasteiger partial charge in [-0.1, -0.05) is 13.8 Å². The number of aldehydes is 1. The van der Waals surface area contributed by atoms with E-state index in [-0.39, 0.29) is 17.3 Å². The molecule has 0 aliphatic heterocycles. The second-order valence-corrected chi connectivity index (χ2v) is 4.61. The summed E-state index contributed by atoms with van der Waals surface area (Å²) in [6.07, 6.45) is 1.98. The van der Waals surface area contributed by atoms with Crippen LogP contribution in [0.15, 0.2) is 12.1 Å². The van der Waals surface area contributed by atoms with E-state index in [0.717, 1.165) is 25.0 Å². The van der Waals surface area contributed by atoms with Crippen molar-refractivity contribution in [3.63, 3.8) is 0 Å². The molecule has 0 aliphatic rings. The molecule has 20 heavy (non-hydrogen) atoms. The molecule has 0 spiro atoms. The van der Waals surface area contributed by atoms with Crippen molar-refractivity contribution in [3.05, 3.63) is 29.3 Å². The molecule has 1 rings (SSSR count). The summed E-state index contributed by atoms with van der Waals surface area (Å²) in [5.74, 6) is -1.43. The van der Waals surface area contributed by atoms with Crippen LogP contribution in [-0.2, 0) is 4.74 Å². The van der Waals surface area contributed by atoms with Crippen molar-refractivity contribution in [1.29, 1.82) is 0 Å². The molecule has 3 nitrogen and oxygen atoms in total. The van der Waals surface area contributed by atoms with Gasteiger partial charge in [-0.25, -0.2) is 8.78 Å². The Kier molecular flexibility index (Phi) is 6.58. The molecular weight excluding hydrogens is 264 g/mol. The molecule has 0 aromatic heterocycles. The van der Waals surface area contributed by atoms with Gasteiger partial charge in [0.2, 0.25) is 0 Å². The molecule has 0 radical (unpaired) electrons. The normalized spacial score (nSPS) is 10.9. The molecule has 0 fully saturated rings. The van der Waals surface area contributed by atoms with Crippen molar-refractivity contribution in [2.75, 3.05) is 25.2 Å². The second kappa shape index (κ2) is 7.94. The highest BCUT2D eigenvalue weighted by Gasteiger charge is 2.23. The third-order valence-corrected chi connectivity index (χ3v) is 3.38. The molecule has 0 bridgehead atoms. The van der Waals surface area contributed by atoms with Gasteiger partial charge in [-0.05, 0) is 25.0 Å². The van der Waals surface area contributed by atoms with Crippen molar-refractivity contribution in [1.82, 2.24) is 0 Å². The zero-order valence-electron chi connectivity index (χ0n) is 12.2. The number of carbonyl (C=O) groups is 1. The van der Waals surface area contributed by atoms with Gasteiger partial charge in [-0.2, -0.15) is 0 Å². The van der Waals surface area contributed by atoms with E-state index in [1.807, 2.05) is 13.8 Å². The minimum absolute atomic E-state index is 0.0000107. The molecular formula is C15H21F2NO2. The molecule has 0 amide bonds. The molecule has 1 aromatic carbocycles. The number of ether oxygens (including phenoxy) is 1. The fraction of sp³-hybridized carbons (Fsp3) is 0.533. The Morgan fingerprint density at radius 2 is 1.80 bits per heavy atom. The van der Waals surface area contributed by atoms with Gasteiger partial charge in [0.1, 0.15) is 23.6 Å². The summed E-state index contributed by atoms with van der Waals surface area (Å²) in [5, 5.41) is 0. The molecule has 0 heterocycles. The van der Waals surface area contributed by atoms with E-state index >= 15 is 0 Å². The van der Waals surface area contributed by atoms with Crippen LogP contribution in [0.4, 0.5) is 14.5 Å². The van der Waals surface area contributed by atoms with Gasteiger partial charge in [0.15, 0.2) is 0 Å². The van der Waals surface area contributed by atoms with Crippen molar-refractivity contribution in [2.45, 2.75) is 32.7 Å². The minimum atomic E-state index is -0.713. The highest BCUT2D eigenvalue weighted by atomic mass is 19.1. The highest BCUT2D eigenvalue weighted by molar-refractivity contribution is 5.76. The first kappa shape index (κ1) is 16.6. The average Bonchev–Trinajstić information content (AvgIpc) is 2.44. The average molecular weight is 285 g/mol. The molecule has 0 N–H and O–H groups in total. The Hall–Kier alpha value is -1.49. The first-order valence-corrected chi connectivity index (χ1v) is 6.78. The van der Waals surface area contributed by atoms with Crippen LogP contribution in [0.2, 0.25) is 0 Å². The SMILES string of the molecule is CCC(CC)N(CCOC)c1c(F)cc(C=O)cc1F. The molecule has 1 aromatic rings. The molecule has 0 saturated carbocycles. The summed E-state index contributed by atoms with van der Waals surface area (Å²) in [4.78, 5) is 12.3. The van der Waals surface area contributed by atoms with Crippen LogP contribution < -0.4 is 4.90 Å². The van der Waals surface area contributed by atoms with Crippen LogP contribution >= 0.6 is 0 Å². The number of nitrogens with zero attached hydrogens (tertiary/aromatic N) is 1. The Balaban J connectivity index is 3.21. The maximum atomic E-state index is 14.1. The van der Waals surface area contributed by atoms with E-state index in [1.54, 1.807) is 12.0 Å². The molecule has 0 saturated heterocycles. The number of benzene rings is 1. The van der Waals surface area contributed by atoms with Gasteiger partial charge < -0.3 is 9.64 Å². The maximum absolute atomic E-state index is 14.1. The standard InChI is InChI=1S/C15H21F2NO2/c1-4-12(5-2)18(6-7-20-3)15-13(16)8-11(10-19)9-14(15)17/h8-10,12H,4-7H2,1-3H3. The number of carbonyl (C=O) groups excluding carboxylic acids is 1. The van der Waals surface area contributed by atoms with E-state index in [1.165, 1.54) is 0 Å². The van der Waals surface area contributed by atoms with Crippen molar-refractivity contribution >= 4 is 12.0 Å². The van der Waals surface area contributed by atoms with Gasteiger partial charge in [0.05, 0.1) is 6.61 Å². The number of methoxy groups -OCH3 is 1. The lowest BCUT2D eigenvalue weighted by Crippen LogP contribution is -2.38. The van der Waals surface area contributed by atoms with Crippen LogP contribution in [0, 0.1) is 11.6 Å². The van der Waals surface area contributed by atoms with E-state index in [0.29, 0.717) is 19.4 Å². The summed E-state index contributed by atoms with van der Waals surface area (Å²) in [6, 6.07) is 2.15. The Bertz CT molecular complexity index is 424. The molecule has 5 heteroatoms. The largest absolute Gasteiger partial charge is 0.383 e. The quantitative estimate of drug-likeness (QED) is 0.685. The Morgan fingerprint density at radius 1 is 1.25 bits per heavy atom. The summed E-state index contributed by atoms with van der Waals surface area (Å²) < 4.78 is 33.3. The Morgan fingerprint density at radius 3 is 2.20 bits per heavy atom. The van der Waals surface area contributed by atoms with Gasteiger partial charge in [0.25, 0.3) is 0 Å². The van der Waals surface area contributed by atoms with E-state index in [2.05, 4.69) is 0 Å². The van der Waals surface area contributed by atoms with Crippen LogP contribution in [-0.4, -0.2) is 32.6 Å². The lowest BCUT2D eigenvalue weighted by atomic mass is 10.1. The highest BCUT2D eigenvalue weighted by Crippen LogP contribution is 2.28. The van der Waals surface area contributed by atoms with Crippen molar-refractivity contribution in [2.24, 2.45) is 0 Å². The topological polar surface area (TPSA) is 29.5 Å². The number of halogens is 2. The third kappa shape index (κ3) is 3.76. The third-order valence-electron chi connectivity index (χ3n) is 3.38. The molecule has 0 unspecified atom stereocenters. The first-order chi connectivity index (χ1) is 9.58. The predicted molar refractivity (Wildman–Crippen MR) is 75.3 cm³/mol. The lowest BCUT2D eigenvalue weighted by Gasteiger charge is -2.33. The van der Waals surface area contributed by atoms with Gasteiger partial charge in [-0.3, -0.25) is 4.79 Å². The van der Waals surface area contributed by atoms with Gasteiger partial charge in [-0.15, -0.1) is 0 Å².